The van der Waals surface area contributed by atoms with E-state index in [1.54, 1.807) is 0 Å². The molecular weight excluding hydrogens is 654 g/mol. The van der Waals surface area contributed by atoms with Crippen molar-refractivity contribution in [2.24, 2.45) is 0 Å². The molecule has 0 aromatic carbocycles. The maximum atomic E-state index is 11.7. The summed E-state index contributed by atoms with van der Waals surface area (Å²) in [5, 5.41) is 9.83. The fourth-order valence-electron chi connectivity index (χ4n) is 0.963. The van der Waals surface area contributed by atoms with Gasteiger partial charge in [0, 0.05) is 0 Å². The molecule has 0 aliphatic carbocycles. The van der Waals surface area contributed by atoms with Crippen molar-refractivity contribution in [1.29, 1.82) is 0 Å². The first-order valence-electron chi connectivity index (χ1n) is 3.52. The molecule has 1 N–H and O–H groups in total. The number of carbonyl (C=O) groups is 1. The summed E-state index contributed by atoms with van der Waals surface area (Å²) in [5.41, 5.74) is -0.543. The quantitative estimate of drug-likeness (QED) is 0.257. The van der Waals surface area contributed by atoms with Crippen LogP contribution in [0.25, 0.3) is 0 Å². The number of halogens is 4. The number of hydrogen-bond donors (Lipinski definition) is 1. The molecule has 0 aliphatic heterocycles. The van der Waals surface area contributed by atoms with Gasteiger partial charge in [-0.1, -0.05) is 0 Å². The van der Waals surface area contributed by atoms with Crippen LogP contribution in [0.15, 0.2) is 4.79 Å². The van der Waals surface area contributed by atoms with Gasteiger partial charge in [0.25, 0.3) is 0 Å². The van der Waals surface area contributed by atoms with Gasteiger partial charge in [0.05, 0.1) is 0 Å². The van der Waals surface area contributed by atoms with Gasteiger partial charge in [0.15, 0.2) is 0 Å². The van der Waals surface area contributed by atoms with E-state index < -0.39 is 28.6 Å². The molecule has 1 rings (SSSR count). The molecule has 0 saturated carbocycles. The molecule has 8 heteroatoms. The molecule has 15 heavy (non-hydrogen) atoms. The van der Waals surface area contributed by atoms with Gasteiger partial charge >= 0.3 is 136 Å². The second kappa shape index (κ2) is 5.79. The van der Waals surface area contributed by atoms with Gasteiger partial charge in [0.2, 0.25) is 0 Å². The van der Waals surface area contributed by atoms with Crippen molar-refractivity contribution >= 4 is 69.9 Å². The molecule has 0 fully saturated rings. The van der Waals surface area contributed by atoms with Crippen molar-refractivity contribution in [2.45, 2.75) is 6.92 Å². The topological polar surface area (TPSA) is 59.3 Å². The number of aromatic hydroxyl groups is 1. The Kier molecular flexibility index (Phi) is 5.56. The van der Waals surface area contributed by atoms with Crippen LogP contribution in [0.1, 0.15) is 17.3 Å². The third-order valence-corrected chi connectivity index (χ3v) is 9.68. The van der Waals surface area contributed by atoms with Crippen LogP contribution >= 0.6 is 64.1 Å². The molecule has 1 heterocycles. The SMILES string of the molecule is CC(=O)c1c(O)c([I-]I)c(I)n(I)c1=O. The van der Waals surface area contributed by atoms with E-state index in [0.29, 0.717) is 3.70 Å². The average Bonchev–Trinajstić information content (AvgIpc) is 2.15. The van der Waals surface area contributed by atoms with Crippen molar-refractivity contribution in [3.63, 3.8) is 0 Å². The van der Waals surface area contributed by atoms with Crippen LogP contribution in [0.3, 0.4) is 0 Å². The zero-order valence-corrected chi connectivity index (χ0v) is 15.9. The van der Waals surface area contributed by atoms with Crippen LogP contribution in [-0.4, -0.2) is 13.7 Å². The zero-order chi connectivity index (χ0) is 11.7. The van der Waals surface area contributed by atoms with Crippen molar-refractivity contribution in [1.82, 2.24) is 2.78 Å². The first-order chi connectivity index (χ1) is 6.91. The van der Waals surface area contributed by atoms with Crippen LogP contribution in [0.2, 0.25) is 0 Å². The molecule has 0 amide bonds. The summed E-state index contributed by atoms with van der Waals surface area (Å²) >= 11 is 5.62. The maximum absolute atomic E-state index is 11.7. The van der Waals surface area contributed by atoms with E-state index in [9.17, 15) is 14.7 Å². The Bertz CT molecular complexity index is 482. The minimum absolute atomic E-state index is 0.101. The summed E-state index contributed by atoms with van der Waals surface area (Å²) in [5.74, 6) is -0.526. The van der Waals surface area contributed by atoms with Gasteiger partial charge in [-0.2, -0.15) is 0 Å². The van der Waals surface area contributed by atoms with Crippen LogP contribution in [0, 0.1) is 7.27 Å². The molecule has 4 nitrogen and oxygen atoms in total. The Hall–Kier alpha value is 1.34. The van der Waals surface area contributed by atoms with Crippen LogP contribution in [0.5, 0.6) is 5.75 Å². The first-order valence-corrected chi connectivity index (χ1v) is 12.9. The Morgan fingerprint density at radius 1 is 1.53 bits per heavy atom. The van der Waals surface area contributed by atoms with E-state index in [1.165, 1.54) is 9.70 Å². The number of ketones is 1. The number of hydrogen-bond acceptors (Lipinski definition) is 3. The molecule has 0 radical (unpaired) electrons. The molecular formula is C7H4I4NO3-. The van der Waals surface area contributed by atoms with Crippen molar-refractivity contribution in [3.05, 3.63) is 23.2 Å². The summed E-state index contributed by atoms with van der Waals surface area (Å²) in [6, 6.07) is 0. The van der Waals surface area contributed by atoms with Crippen molar-refractivity contribution < 1.29 is 27.1 Å². The first kappa shape index (κ1) is 14.4. The third kappa shape index (κ3) is 2.78. The molecule has 0 atom stereocenters. The summed E-state index contributed by atoms with van der Waals surface area (Å²) in [6.07, 6.45) is 0. The van der Waals surface area contributed by atoms with Crippen molar-refractivity contribution in [2.75, 3.05) is 0 Å². The van der Waals surface area contributed by atoms with Gasteiger partial charge in [-0.15, -0.1) is 0 Å². The second-order valence-electron chi connectivity index (χ2n) is 2.54. The van der Waals surface area contributed by atoms with Gasteiger partial charge < -0.3 is 0 Å². The average molecular weight is 658 g/mol. The molecule has 1 aromatic rings. The fraction of sp³-hybridized carbons (Fsp3) is 0.143. The molecule has 0 unspecified atom stereocenters. The molecule has 1 aromatic heterocycles. The Morgan fingerprint density at radius 3 is 2.47 bits per heavy atom. The summed E-state index contributed by atoms with van der Waals surface area (Å²) < 4.78 is 2.81. The van der Waals surface area contributed by atoms with Crippen LogP contribution in [0.4, 0.5) is 0 Å². The number of Topliss-reactive ketones (excluding diaryl/α,β-unsaturated/α-hetero) is 1. The number of pyridine rings is 1. The fourth-order valence-corrected chi connectivity index (χ4v) is 9.14. The van der Waals surface area contributed by atoms with E-state index in [1.807, 2.05) is 45.5 Å². The number of rotatable bonds is 2. The monoisotopic (exact) mass is 658 g/mol. The Labute approximate surface area is 133 Å². The number of aromatic nitrogens is 1. The Balaban J connectivity index is 3.76. The van der Waals surface area contributed by atoms with Crippen LogP contribution < -0.4 is 22.8 Å². The second-order valence-corrected chi connectivity index (χ2v) is 8.75. The standard InChI is InChI=1S/C7H4I4NO3/c1-2(13)3-5(14)4(11-9)6(8)12(10)7(3)15/h14H,1H3/q-1. The van der Waals surface area contributed by atoms with Gasteiger partial charge in [-0.3, -0.25) is 0 Å². The third-order valence-electron chi connectivity index (χ3n) is 1.61. The van der Waals surface area contributed by atoms with Crippen molar-refractivity contribution in [3.8, 4) is 5.75 Å². The van der Waals surface area contributed by atoms with E-state index >= 15 is 0 Å². The number of nitrogens with zero attached hydrogens (tertiary/aromatic N) is 1. The van der Waals surface area contributed by atoms with Crippen LogP contribution in [-0.2, 0) is 0 Å². The van der Waals surface area contributed by atoms with E-state index in [4.69, 9.17) is 0 Å². The molecule has 0 aliphatic rings. The van der Waals surface area contributed by atoms with Gasteiger partial charge in [-0.25, -0.2) is 0 Å². The summed E-state index contributed by atoms with van der Waals surface area (Å²) in [7, 11) is 0. The van der Waals surface area contributed by atoms with E-state index in [0.717, 1.165) is 3.57 Å². The molecule has 0 saturated heterocycles. The summed E-state index contributed by atoms with van der Waals surface area (Å²) in [6.45, 7) is 1.29. The minimum atomic E-state index is -0.442. The Morgan fingerprint density at radius 2 is 2.07 bits per heavy atom. The van der Waals surface area contributed by atoms with Gasteiger partial charge in [-0.05, 0) is 0 Å². The zero-order valence-electron chi connectivity index (χ0n) is 7.22. The summed E-state index contributed by atoms with van der Waals surface area (Å²) in [4.78, 5) is 22.9. The molecule has 0 bridgehead atoms. The van der Waals surface area contributed by atoms with Gasteiger partial charge in [0.1, 0.15) is 0 Å². The molecule has 0 spiro atoms. The predicted molar refractivity (Wildman–Crippen MR) is 77.2 cm³/mol. The normalized spacial score (nSPS) is 10.7. The number of carbonyl (C=O) groups excluding carboxylic acids is 1. The predicted octanol–water partition coefficient (Wildman–Crippen LogP) is -0.832. The van der Waals surface area contributed by atoms with E-state index in [2.05, 4.69) is 18.6 Å². The van der Waals surface area contributed by atoms with E-state index in [-0.39, 0.29) is 11.3 Å². The molecule has 84 valence electrons.